The number of aryl methyl sites for hydroxylation is 1. The molecule has 3 aromatic rings. The van der Waals surface area contributed by atoms with Crippen molar-refractivity contribution in [3.8, 4) is 0 Å². The number of anilines is 2. The van der Waals surface area contributed by atoms with Crippen molar-refractivity contribution in [1.82, 2.24) is 10.3 Å². The number of aromatic nitrogens is 1. The van der Waals surface area contributed by atoms with Gasteiger partial charge in [0.25, 0.3) is 5.91 Å². The molecule has 0 aliphatic heterocycles. The number of carbonyl (C=O) groups excluding carboxylic acids is 1. The van der Waals surface area contributed by atoms with Crippen molar-refractivity contribution < 1.29 is 4.79 Å². The number of rotatable bonds is 7. The summed E-state index contributed by atoms with van der Waals surface area (Å²) in [7, 11) is 0. The van der Waals surface area contributed by atoms with Gasteiger partial charge in [-0.15, -0.1) is 0 Å². The monoisotopic (exact) mass is 430 g/mol. The third-order valence-corrected chi connectivity index (χ3v) is 5.13. The first-order valence-electron chi connectivity index (χ1n) is 9.49. The van der Waals surface area contributed by atoms with Gasteiger partial charge in [-0.05, 0) is 30.7 Å². The smallest absolute Gasteiger partial charge is 0.258 e. The van der Waals surface area contributed by atoms with Crippen LogP contribution in [0.2, 0.25) is 10.0 Å². The molecule has 5 nitrogen and oxygen atoms in total. The van der Waals surface area contributed by atoms with E-state index in [4.69, 9.17) is 23.2 Å². The lowest BCUT2D eigenvalue weighted by molar-refractivity contribution is 0.102. The number of pyridine rings is 1. The minimum absolute atomic E-state index is 0.248. The first-order chi connectivity index (χ1) is 13.9. The van der Waals surface area contributed by atoms with Gasteiger partial charge in [-0.2, -0.15) is 0 Å². The molecule has 3 rings (SSSR count). The summed E-state index contributed by atoms with van der Waals surface area (Å²) in [4.78, 5) is 17.3. The molecule has 1 heterocycles. The Labute approximate surface area is 180 Å². The molecule has 1 amide bonds. The summed E-state index contributed by atoms with van der Waals surface area (Å²) in [5, 5.41) is 11.3. The van der Waals surface area contributed by atoms with Crippen LogP contribution in [-0.2, 0) is 0 Å². The van der Waals surface area contributed by atoms with Crippen molar-refractivity contribution in [3.63, 3.8) is 0 Å². The van der Waals surface area contributed by atoms with Gasteiger partial charge < -0.3 is 16.0 Å². The van der Waals surface area contributed by atoms with Crippen LogP contribution in [-0.4, -0.2) is 30.0 Å². The second kappa shape index (κ2) is 9.44. The molecular formula is C22H24Cl2N4O. The van der Waals surface area contributed by atoms with Gasteiger partial charge in [0.1, 0.15) is 0 Å². The number of carbonyl (C=O) groups is 1. The Kier molecular flexibility index (Phi) is 6.96. The van der Waals surface area contributed by atoms with E-state index in [0.29, 0.717) is 27.3 Å². The van der Waals surface area contributed by atoms with E-state index >= 15 is 0 Å². The van der Waals surface area contributed by atoms with Crippen LogP contribution in [0.25, 0.3) is 10.9 Å². The molecule has 0 aliphatic carbocycles. The summed E-state index contributed by atoms with van der Waals surface area (Å²) in [5.74, 6) is -0.369. The van der Waals surface area contributed by atoms with Gasteiger partial charge in [0.15, 0.2) is 0 Å². The molecule has 7 heteroatoms. The van der Waals surface area contributed by atoms with Crippen LogP contribution < -0.4 is 16.0 Å². The molecule has 0 saturated heterocycles. The Balaban J connectivity index is 1.90. The normalized spacial score (nSPS) is 11.1. The Morgan fingerprint density at radius 2 is 1.76 bits per heavy atom. The van der Waals surface area contributed by atoms with E-state index in [-0.39, 0.29) is 11.5 Å². The third-order valence-electron chi connectivity index (χ3n) is 4.50. The number of hydrogen-bond donors (Lipinski definition) is 3. The molecule has 0 aliphatic rings. The van der Waals surface area contributed by atoms with Crippen LogP contribution in [0.15, 0.2) is 42.6 Å². The Morgan fingerprint density at radius 3 is 2.45 bits per heavy atom. The van der Waals surface area contributed by atoms with Gasteiger partial charge in [-0.3, -0.25) is 9.78 Å². The lowest BCUT2D eigenvalue weighted by atomic mass is 10.1. The maximum Gasteiger partial charge on any atom is 0.258 e. The Hall–Kier alpha value is -2.34. The predicted molar refractivity (Wildman–Crippen MR) is 123 cm³/mol. The van der Waals surface area contributed by atoms with E-state index in [0.717, 1.165) is 29.7 Å². The Morgan fingerprint density at radius 1 is 1.07 bits per heavy atom. The van der Waals surface area contributed by atoms with Gasteiger partial charge in [0, 0.05) is 36.4 Å². The summed E-state index contributed by atoms with van der Waals surface area (Å²) in [6, 6.07) is 11.1. The highest BCUT2D eigenvalue weighted by Crippen LogP contribution is 2.31. The van der Waals surface area contributed by atoms with E-state index in [1.807, 2.05) is 25.1 Å². The molecule has 0 radical (unpaired) electrons. The van der Waals surface area contributed by atoms with Gasteiger partial charge in [0.2, 0.25) is 0 Å². The number of hydrogen-bond acceptors (Lipinski definition) is 4. The van der Waals surface area contributed by atoms with Gasteiger partial charge in [-0.1, -0.05) is 55.2 Å². The highest BCUT2D eigenvalue weighted by Gasteiger charge is 2.17. The van der Waals surface area contributed by atoms with E-state index in [9.17, 15) is 4.79 Å². The minimum atomic E-state index is -0.369. The topological polar surface area (TPSA) is 66.0 Å². The number of halogens is 2. The molecule has 0 fully saturated rings. The second-order valence-electron chi connectivity index (χ2n) is 7.10. The molecule has 0 saturated carbocycles. The molecule has 3 N–H and O–H groups in total. The largest absolute Gasteiger partial charge is 0.383 e. The number of benzene rings is 2. The van der Waals surface area contributed by atoms with E-state index in [1.165, 1.54) is 0 Å². The van der Waals surface area contributed by atoms with Crippen molar-refractivity contribution in [2.45, 2.75) is 26.8 Å². The maximum atomic E-state index is 12.8. The average molecular weight is 431 g/mol. The van der Waals surface area contributed by atoms with Crippen LogP contribution in [0.1, 0.15) is 29.8 Å². The SMILES string of the molecule is Cc1cnc2c(NC(=O)c3c(Cl)cccc3Cl)cccc2c1NCCNC(C)C. The highest BCUT2D eigenvalue weighted by atomic mass is 35.5. The number of nitrogens with one attached hydrogen (secondary N) is 3. The fraction of sp³-hybridized carbons (Fsp3) is 0.273. The Bertz CT molecular complexity index is 1020. The summed E-state index contributed by atoms with van der Waals surface area (Å²) >= 11 is 12.3. The van der Waals surface area contributed by atoms with Crippen molar-refractivity contribution in [2.75, 3.05) is 23.7 Å². The first kappa shape index (κ1) is 21.4. The summed E-state index contributed by atoms with van der Waals surface area (Å²) < 4.78 is 0. The molecule has 0 spiro atoms. The van der Waals surface area contributed by atoms with Gasteiger partial charge in [0.05, 0.1) is 26.8 Å². The van der Waals surface area contributed by atoms with Crippen LogP contribution in [0.4, 0.5) is 11.4 Å². The zero-order valence-corrected chi connectivity index (χ0v) is 18.2. The number of para-hydroxylation sites is 1. The maximum absolute atomic E-state index is 12.8. The molecular weight excluding hydrogens is 407 g/mol. The van der Waals surface area contributed by atoms with Crippen LogP contribution >= 0.6 is 23.2 Å². The number of nitrogens with zero attached hydrogens (tertiary/aromatic N) is 1. The zero-order chi connectivity index (χ0) is 21.0. The fourth-order valence-corrected chi connectivity index (χ4v) is 3.68. The molecule has 0 bridgehead atoms. The van der Waals surface area contributed by atoms with Crippen molar-refractivity contribution in [2.24, 2.45) is 0 Å². The molecule has 1 aromatic heterocycles. The van der Waals surface area contributed by atoms with Crippen LogP contribution in [0, 0.1) is 6.92 Å². The molecule has 29 heavy (non-hydrogen) atoms. The molecule has 0 atom stereocenters. The van der Waals surface area contributed by atoms with Gasteiger partial charge >= 0.3 is 0 Å². The lowest BCUT2D eigenvalue weighted by Gasteiger charge is -2.16. The first-order valence-corrected chi connectivity index (χ1v) is 10.2. The van der Waals surface area contributed by atoms with Crippen LogP contribution in [0.5, 0.6) is 0 Å². The van der Waals surface area contributed by atoms with Crippen molar-refractivity contribution in [1.29, 1.82) is 0 Å². The molecule has 0 unspecified atom stereocenters. The minimum Gasteiger partial charge on any atom is -0.383 e. The van der Waals surface area contributed by atoms with Crippen LogP contribution in [0.3, 0.4) is 0 Å². The second-order valence-corrected chi connectivity index (χ2v) is 7.92. The van der Waals surface area contributed by atoms with E-state index in [2.05, 4.69) is 34.8 Å². The zero-order valence-electron chi connectivity index (χ0n) is 16.6. The van der Waals surface area contributed by atoms with Crippen molar-refractivity contribution >= 4 is 51.4 Å². The quantitative estimate of drug-likeness (QED) is 0.432. The number of fused-ring (bicyclic) bond motifs is 1. The van der Waals surface area contributed by atoms with Crippen molar-refractivity contribution in [3.05, 3.63) is 63.8 Å². The average Bonchev–Trinajstić information content (AvgIpc) is 2.66. The highest BCUT2D eigenvalue weighted by molar-refractivity contribution is 6.40. The predicted octanol–water partition coefficient (Wildman–Crippen LogP) is 5.51. The van der Waals surface area contributed by atoms with Gasteiger partial charge in [-0.25, -0.2) is 0 Å². The lowest BCUT2D eigenvalue weighted by Crippen LogP contribution is -2.28. The molecule has 2 aromatic carbocycles. The number of amides is 1. The molecule has 152 valence electrons. The van der Waals surface area contributed by atoms with E-state index < -0.39 is 0 Å². The third kappa shape index (κ3) is 4.99. The summed E-state index contributed by atoms with van der Waals surface area (Å²) in [6.07, 6.45) is 1.80. The van der Waals surface area contributed by atoms with E-state index in [1.54, 1.807) is 24.4 Å². The standard InChI is InChI=1S/C22H24Cl2N4O/c1-13(2)25-10-11-26-20-14(3)12-27-21-15(20)6-4-9-18(21)28-22(29)19-16(23)7-5-8-17(19)24/h4-9,12-13,25H,10-11H2,1-3H3,(H,26,27)(H,28,29). The fourth-order valence-electron chi connectivity index (χ4n) is 3.11. The summed E-state index contributed by atoms with van der Waals surface area (Å²) in [6.45, 7) is 7.88. The summed E-state index contributed by atoms with van der Waals surface area (Å²) in [5.41, 5.74) is 3.60.